The lowest BCUT2D eigenvalue weighted by molar-refractivity contribution is -0.133. The van der Waals surface area contributed by atoms with Crippen LogP contribution in [0.3, 0.4) is 0 Å². The number of carbonyl (C=O) groups excluding carboxylic acids is 1. The number of carbonyl (C=O) groups is 1. The van der Waals surface area contributed by atoms with Gasteiger partial charge in [0.2, 0.25) is 5.91 Å². The molecule has 7 heteroatoms. The number of benzene rings is 2. The van der Waals surface area contributed by atoms with Crippen LogP contribution in [-0.4, -0.2) is 65.8 Å². The van der Waals surface area contributed by atoms with Crippen molar-refractivity contribution in [3.63, 3.8) is 0 Å². The minimum absolute atomic E-state index is 0.0770. The fourth-order valence-corrected chi connectivity index (χ4v) is 3.66. The average molecular weight is 418 g/mol. The van der Waals surface area contributed by atoms with E-state index in [9.17, 15) is 9.59 Å². The Morgan fingerprint density at radius 2 is 1.65 bits per heavy atom. The van der Waals surface area contributed by atoms with Crippen molar-refractivity contribution in [2.75, 3.05) is 40.3 Å². The van der Waals surface area contributed by atoms with Gasteiger partial charge in [-0.15, -0.1) is 0 Å². The molecule has 160 valence electrons. The Morgan fingerprint density at radius 3 is 2.29 bits per heavy atom. The normalized spacial score (nSPS) is 14.5. The smallest absolute Gasteiger partial charge is 0.275 e. The standard InChI is InChI=1S/C24H26N4O3/c1-26-12-14-27(15-13-26)23(29)17-28-24(30)21(18-8-10-20(31-2)11-9-18)16-22(25-28)19-6-4-3-5-7-19/h3-11,16H,12-15,17H2,1-2H3. The van der Waals surface area contributed by atoms with Gasteiger partial charge < -0.3 is 14.5 Å². The van der Waals surface area contributed by atoms with E-state index in [0.29, 0.717) is 30.1 Å². The number of hydrogen-bond acceptors (Lipinski definition) is 5. The molecule has 1 aliphatic heterocycles. The van der Waals surface area contributed by atoms with Gasteiger partial charge in [-0.25, -0.2) is 4.68 Å². The maximum absolute atomic E-state index is 13.3. The first kappa shape index (κ1) is 20.8. The molecule has 2 heterocycles. The lowest BCUT2D eigenvalue weighted by Gasteiger charge is -2.32. The Balaban J connectivity index is 1.73. The van der Waals surface area contributed by atoms with Crippen LogP contribution < -0.4 is 10.3 Å². The molecule has 0 unspecified atom stereocenters. The molecule has 4 rings (SSSR count). The molecule has 1 fully saturated rings. The predicted molar refractivity (Wildman–Crippen MR) is 120 cm³/mol. The Kier molecular flexibility index (Phi) is 6.13. The number of hydrogen-bond donors (Lipinski definition) is 0. The van der Waals surface area contributed by atoms with E-state index in [-0.39, 0.29) is 18.0 Å². The van der Waals surface area contributed by atoms with E-state index in [4.69, 9.17) is 4.74 Å². The van der Waals surface area contributed by atoms with E-state index >= 15 is 0 Å². The minimum Gasteiger partial charge on any atom is -0.497 e. The van der Waals surface area contributed by atoms with Gasteiger partial charge in [-0.1, -0.05) is 42.5 Å². The molecule has 3 aromatic rings. The Bertz CT molecular complexity index is 1100. The quantitative estimate of drug-likeness (QED) is 0.636. The number of rotatable bonds is 5. The first-order valence-corrected chi connectivity index (χ1v) is 10.3. The van der Waals surface area contributed by atoms with Crippen LogP contribution in [0.15, 0.2) is 65.5 Å². The molecule has 0 atom stereocenters. The number of piperazine rings is 1. The number of nitrogens with zero attached hydrogens (tertiary/aromatic N) is 4. The van der Waals surface area contributed by atoms with Crippen molar-refractivity contribution in [2.24, 2.45) is 0 Å². The van der Waals surface area contributed by atoms with Gasteiger partial charge in [-0.05, 0) is 30.8 Å². The minimum atomic E-state index is -0.285. The predicted octanol–water partition coefficient (Wildman–Crippen LogP) is 2.36. The summed E-state index contributed by atoms with van der Waals surface area (Å²) in [6, 6.07) is 18.8. The summed E-state index contributed by atoms with van der Waals surface area (Å²) < 4.78 is 6.52. The van der Waals surface area contributed by atoms with E-state index < -0.39 is 0 Å². The highest BCUT2D eigenvalue weighted by Crippen LogP contribution is 2.24. The Hall–Kier alpha value is -3.45. The summed E-state index contributed by atoms with van der Waals surface area (Å²) in [5, 5.41) is 4.53. The summed E-state index contributed by atoms with van der Waals surface area (Å²) in [7, 11) is 3.64. The zero-order valence-corrected chi connectivity index (χ0v) is 17.8. The number of methoxy groups -OCH3 is 1. The highest BCUT2D eigenvalue weighted by atomic mass is 16.5. The van der Waals surface area contributed by atoms with Crippen LogP contribution in [0.25, 0.3) is 22.4 Å². The molecular formula is C24H26N4O3. The largest absolute Gasteiger partial charge is 0.497 e. The van der Waals surface area contributed by atoms with Gasteiger partial charge in [0.05, 0.1) is 18.4 Å². The van der Waals surface area contributed by atoms with Crippen molar-refractivity contribution in [1.29, 1.82) is 0 Å². The number of likely N-dealkylation sites (N-methyl/N-ethyl adjacent to an activating group) is 1. The second-order valence-electron chi connectivity index (χ2n) is 7.68. The molecule has 0 N–H and O–H groups in total. The first-order chi connectivity index (χ1) is 15.0. The molecule has 1 saturated heterocycles. The summed E-state index contributed by atoms with van der Waals surface area (Å²) >= 11 is 0. The van der Waals surface area contributed by atoms with E-state index in [1.807, 2.05) is 61.6 Å². The summed E-state index contributed by atoms with van der Waals surface area (Å²) in [6.07, 6.45) is 0. The van der Waals surface area contributed by atoms with Gasteiger partial charge in [0.15, 0.2) is 0 Å². The monoisotopic (exact) mass is 418 g/mol. The SMILES string of the molecule is COc1ccc(-c2cc(-c3ccccc3)nn(CC(=O)N3CCN(C)CC3)c2=O)cc1. The molecule has 1 amide bonds. The van der Waals surface area contributed by atoms with Gasteiger partial charge in [0, 0.05) is 31.7 Å². The molecule has 0 saturated carbocycles. The second-order valence-corrected chi connectivity index (χ2v) is 7.68. The molecule has 7 nitrogen and oxygen atoms in total. The van der Waals surface area contributed by atoms with Crippen LogP contribution in [0.4, 0.5) is 0 Å². The van der Waals surface area contributed by atoms with Crippen LogP contribution in [-0.2, 0) is 11.3 Å². The fourth-order valence-electron chi connectivity index (χ4n) is 3.66. The molecule has 0 bridgehead atoms. The van der Waals surface area contributed by atoms with Crippen LogP contribution in [0.2, 0.25) is 0 Å². The summed E-state index contributed by atoms with van der Waals surface area (Å²) in [4.78, 5) is 30.2. The highest BCUT2D eigenvalue weighted by molar-refractivity contribution is 5.76. The van der Waals surface area contributed by atoms with E-state index in [2.05, 4.69) is 10.00 Å². The molecule has 0 aliphatic carbocycles. The fraction of sp³-hybridized carbons (Fsp3) is 0.292. The van der Waals surface area contributed by atoms with Crippen LogP contribution >= 0.6 is 0 Å². The summed E-state index contributed by atoms with van der Waals surface area (Å²) in [5.74, 6) is 0.625. The van der Waals surface area contributed by atoms with Gasteiger partial charge in [-0.2, -0.15) is 5.10 Å². The third kappa shape index (κ3) is 4.67. The summed E-state index contributed by atoms with van der Waals surface area (Å²) in [6.45, 7) is 2.90. The van der Waals surface area contributed by atoms with Crippen molar-refractivity contribution in [3.05, 3.63) is 71.0 Å². The third-order valence-corrected chi connectivity index (χ3v) is 5.59. The Morgan fingerprint density at radius 1 is 0.968 bits per heavy atom. The molecule has 0 radical (unpaired) electrons. The third-order valence-electron chi connectivity index (χ3n) is 5.59. The Labute approximate surface area is 181 Å². The van der Waals surface area contributed by atoms with E-state index in [1.165, 1.54) is 4.68 Å². The number of aromatic nitrogens is 2. The van der Waals surface area contributed by atoms with Gasteiger partial charge in [0.1, 0.15) is 12.3 Å². The number of ether oxygens (including phenoxy) is 1. The van der Waals surface area contributed by atoms with Crippen molar-refractivity contribution >= 4 is 5.91 Å². The van der Waals surface area contributed by atoms with Crippen molar-refractivity contribution in [1.82, 2.24) is 19.6 Å². The van der Waals surface area contributed by atoms with Crippen molar-refractivity contribution < 1.29 is 9.53 Å². The zero-order valence-electron chi connectivity index (χ0n) is 17.8. The highest BCUT2D eigenvalue weighted by Gasteiger charge is 2.21. The summed E-state index contributed by atoms with van der Waals surface area (Å²) in [5.41, 5.74) is 2.51. The zero-order chi connectivity index (χ0) is 21.8. The lowest BCUT2D eigenvalue weighted by Crippen LogP contribution is -2.48. The molecule has 2 aromatic carbocycles. The van der Waals surface area contributed by atoms with E-state index in [0.717, 1.165) is 24.2 Å². The molecule has 31 heavy (non-hydrogen) atoms. The molecule has 1 aliphatic rings. The first-order valence-electron chi connectivity index (χ1n) is 10.3. The van der Waals surface area contributed by atoms with Crippen LogP contribution in [0.1, 0.15) is 0 Å². The van der Waals surface area contributed by atoms with E-state index in [1.54, 1.807) is 18.1 Å². The van der Waals surface area contributed by atoms with Gasteiger partial charge in [0.25, 0.3) is 5.56 Å². The maximum atomic E-state index is 13.3. The van der Waals surface area contributed by atoms with Crippen LogP contribution in [0, 0.1) is 0 Å². The van der Waals surface area contributed by atoms with Crippen LogP contribution in [0.5, 0.6) is 5.75 Å². The number of amides is 1. The lowest BCUT2D eigenvalue weighted by atomic mass is 10.0. The second kappa shape index (κ2) is 9.14. The van der Waals surface area contributed by atoms with Crippen molar-refractivity contribution in [2.45, 2.75) is 6.54 Å². The van der Waals surface area contributed by atoms with Gasteiger partial charge >= 0.3 is 0 Å². The molecule has 0 spiro atoms. The average Bonchev–Trinajstić information content (AvgIpc) is 2.81. The van der Waals surface area contributed by atoms with Gasteiger partial charge in [-0.3, -0.25) is 9.59 Å². The molecular weight excluding hydrogens is 392 g/mol. The van der Waals surface area contributed by atoms with Crippen molar-refractivity contribution in [3.8, 4) is 28.1 Å². The topological polar surface area (TPSA) is 67.7 Å². The molecule has 1 aromatic heterocycles. The maximum Gasteiger partial charge on any atom is 0.275 e.